The molecule has 0 bridgehead atoms. The van der Waals surface area contributed by atoms with Crippen LogP contribution in [0.5, 0.6) is 0 Å². The molecule has 0 amide bonds. The van der Waals surface area contributed by atoms with E-state index in [1.54, 1.807) is 28.6 Å². The minimum Gasteiger partial charge on any atom is -0.399 e. The first-order valence-electron chi connectivity index (χ1n) is 6.24. The van der Waals surface area contributed by atoms with Gasteiger partial charge in [-0.25, -0.2) is 8.42 Å². The van der Waals surface area contributed by atoms with Gasteiger partial charge in [0.15, 0.2) is 0 Å². The lowest BCUT2D eigenvalue weighted by Gasteiger charge is -2.26. The van der Waals surface area contributed by atoms with E-state index in [4.69, 9.17) is 5.73 Å². The molecule has 1 rings (SSSR count). The maximum absolute atomic E-state index is 12.3. The average Bonchev–Trinajstić information content (AvgIpc) is 2.28. The second kappa shape index (κ2) is 6.20. The number of sulfonamides is 1. The first kappa shape index (κ1) is 15.0. The normalized spacial score (nSPS) is 13.8. The van der Waals surface area contributed by atoms with Gasteiger partial charge in [-0.05, 0) is 31.0 Å². The molecule has 0 aliphatic carbocycles. The molecule has 0 heterocycles. The average molecular weight is 270 g/mol. The Morgan fingerprint density at radius 1 is 1.33 bits per heavy atom. The van der Waals surface area contributed by atoms with E-state index in [-0.39, 0.29) is 11.8 Å². The van der Waals surface area contributed by atoms with Gasteiger partial charge in [-0.15, -0.1) is 0 Å². The maximum atomic E-state index is 12.3. The first-order valence-corrected chi connectivity index (χ1v) is 7.85. The molecule has 18 heavy (non-hydrogen) atoms. The molecule has 2 N–H and O–H groups in total. The smallest absolute Gasteiger partial charge is 0.218 e. The highest BCUT2D eigenvalue weighted by Gasteiger charge is 2.24. The summed E-state index contributed by atoms with van der Waals surface area (Å²) >= 11 is 0. The molecule has 102 valence electrons. The van der Waals surface area contributed by atoms with Gasteiger partial charge in [-0.2, -0.15) is 4.31 Å². The van der Waals surface area contributed by atoms with Crippen LogP contribution >= 0.6 is 0 Å². The summed E-state index contributed by atoms with van der Waals surface area (Å²) in [6.45, 7) is 6.28. The number of rotatable bonds is 6. The summed E-state index contributed by atoms with van der Waals surface area (Å²) in [5, 5.41) is 0. The van der Waals surface area contributed by atoms with Gasteiger partial charge in [0.05, 0.1) is 5.75 Å². The number of nitrogens with two attached hydrogens (primary N) is 1. The first-order chi connectivity index (χ1) is 8.40. The molecular weight excluding hydrogens is 248 g/mol. The van der Waals surface area contributed by atoms with Crippen molar-refractivity contribution < 1.29 is 8.42 Å². The molecule has 1 aromatic rings. The van der Waals surface area contributed by atoms with Crippen molar-refractivity contribution in [1.82, 2.24) is 4.31 Å². The van der Waals surface area contributed by atoms with Gasteiger partial charge < -0.3 is 5.73 Å². The molecule has 0 aliphatic rings. The number of hydrogen-bond donors (Lipinski definition) is 1. The molecule has 0 fully saturated rings. The van der Waals surface area contributed by atoms with Gasteiger partial charge in [-0.1, -0.05) is 26.0 Å². The lowest BCUT2D eigenvalue weighted by Crippen LogP contribution is -2.38. The van der Waals surface area contributed by atoms with Crippen LogP contribution in [0.3, 0.4) is 0 Å². The molecule has 0 aliphatic heterocycles. The van der Waals surface area contributed by atoms with Crippen molar-refractivity contribution in [2.75, 3.05) is 12.3 Å². The largest absolute Gasteiger partial charge is 0.399 e. The lowest BCUT2D eigenvalue weighted by molar-refractivity contribution is 0.342. The summed E-state index contributed by atoms with van der Waals surface area (Å²) in [7, 11) is -3.28. The Kier molecular flexibility index (Phi) is 5.16. The topological polar surface area (TPSA) is 63.4 Å². The van der Waals surface area contributed by atoms with Gasteiger partial charge in [0.25, 0.3) is 0 Å². The van der Waals surface area contributed by atoms with Crippen molar-refractivity contribution in [2.24, 2.45) is 0 Å². The Morgan fingerprint density at radius 2 is 2.00 bits per heavy atom. The van der Waals surface area contributed by atoms with Crippen molar-refractivity contribution in [2.45, 2.75) is 39.0 Å². The molecule has 4 nitrogen and oxygen atoms in total. The van der Waals surface area contributed by atoms with E-state index in [0.717, 1.165) is 12.0 Å². The van der Waals surface area contributed by atoms with Crippen LogP contribution in [-0.2, 0) is 15.8 Å². The number of nitrogens with zero attached hydrogens (tertiary/aromatic N) is 1. The third-order valence-electron chi connectivity index (χ3n) is 3.05. The molecule has 0 saturated carbocycles. The van der Waals surface area contributed by atoms with E-state index in [2.05, 4.69) is 0 Å². The number of benzene rings is 1. The zero-order valence-electron chi connectivity index (χ0n) is 11.3. The zero-order valence-corrected chi connectivity index (χ0v) is 12.1. The Hall–Kier alpha value is -1.07. The minimum absolute atomic E-state index is 0.0101. The fourth-order valence-electron chi connectivity index (χ4n) is 1.96. The van der Waals surface area contributed by atoms with Gasteiger partial charge in [0.1, 0.15) is 0 Å². The van der Waals surface area contributed by atoms with E-state index in [0.29, 0.717) is 12.2 Å². The predicted molar refractivity (Wildman–Crippen MR) is 75.6 cm³/mol. The Balaban J connectivity index is 2.93. The highest BCUT2D eigenvalue weighted by atomic mass is 32.2. The fourth-order valence-corrected chi connectivity index (χ4v) is 3.82. The van der Waals surface area contributed by atoms with Crippen molar-refractivity contribution in [3.63, 3.8) is 0 Å². The fraction of sp³-hybridized carbons (Fsp3) is 0.538. The maximum Gasteiger partial charge on any atom is 0.218 e. The quantitative estimate of drug-likeness (QED) is 0.806. The van der Waals surface area contributed by atoms with Crippen LogP contribution in [0.2, 0.25) is 0 Å². The van der Waals surface area contributed by atoms with E-state index in [1.165, 1.54) is 0 Å². The predicted octanol–water partition coefficient (Wildman–Crippen LogP) is 2.22. The van der Waals surface area contributed by atoms with E-state index < -0.39 is 10.0 Å². The molecule has 0 aromatic heterocycles. The van der Waals surface area contributed by atoms with Gasteiger partial charge in [0.2, 0.25) is 10.0 Å². The standard InChI is InChI=1S/C13H22N2O2S/c1-4-11(3)15(5-2)18(16,17)10-12-7-6-8-13(14)9-12/h6-9,11H,4-5,10,14H2,1-3H3. The number of hydrogen-bond acceptors (Lipinski definition) is 3. The highest BCUT2D eigenvalue weighted by Crippen LogP contribution is 2.16. The summed E-state index contributed by atoms with van der Waals surface area (Å²) < 4.78 is 26.2. The van der Waals surface area contributed by atoms with Gasteiger partial charge in [-0.3, -0.25) is 0 Å². The van der Waals surface area contributed by atoms with E-state index in [9.17, 15) is 8.42 Å². The summed E-state index contributed by atoms with van der Waals surface area (Å²) in [5.41, 5.74) is 6.99. The molecule has 0 radical (unpaired) electrons. The summed E-state index contributed by atoms with van der Waals surface area (Å²) in [4.78, 5) is 0. The Labute approximate surface area is 110 Å². The third kappa shape index (κ3) is 3.71. The molecule has 1 unspecified atom stereocenters. The van der Waals surface area contributed by atoms with Crippen LogP contribution < -0.4 is 5.73 Å². The van der Waals surface area contributed by atoms with Crippen molar-refractivity contribution in [3.05, 3.63) is 29.8 Å². The second-order valence-corrected chi connectivity index (χ2v) is 6.38. The van der Waals surface area contributed by atoms with Crippen LogP contribution in [0.4, 0.5) is 5.69 Å². The Bertz CT molecular complexity index is 486. The Morgan fingerprint density at radius 3 is 2.50 bits per heavy atom. The molecule has 1 aromatic carbocycles. The van der Waals surface area contributed by atoms with Crippen LogP contribution in [0, 0.1) is 0 Å². The van der Waals surface area contributed by atoms with Crippen molar-refractivity contribution in [1.29, 1.82) is 0 Å². The van der Waals surface area contributed by atoms with Crippen LogP contribution in [0.25, 0.3) is 0 Å². The van der Waals surface area contributed by atoms with Gasteiger partial charge >= 0.3 is 0 Å². The molecular formula is C13H22N2O2S. The molecule has 0 saturated heterocycles. The monoisotopic (exact) mass is 270 g/mol. The summed E-state index contributed by atoms with van der Waals surface area (Å²) in [6, 6.07) is 7.06. The van der Waals surface area contributed by atoms with Gasteiger partial charge in [0, 0.05) is 18.3 Å². The van der Waals surface area contributed by atoms with Crippen LogP contribution in [0.1, 0.15) is 32.8 Å². The minimum atomic E-state index is -3.28. The van der Waals surface area contributed by atoms with Crippen LogP contribution in [-0.4, -0.2) is 25.3 Å². The molecule has 0 spiro atoms. The SMILES string of the molecule is CCC(C)N(CC)S(=O)(=O)Cc1cccc(N)c1. The molecule has 5 heteroatoms. The van der Waals surface area contributed by atoms with Crippen molar-refractivity contribution in [3.8, 4) is 0 Å². The summed E-state index contributed by atoms with van der Waals surface area (Å²) in [5.74, 6) is 0.0101. The molecule has 1 atom stereocenters. The number of anilines is 1. The van der Waals surface area contributed by atoms with Crippen LogP contribution in [0.15, 0.2) is 24.3 Å². The number of nitrogen functional groups attached to an aromatic ring is 1. The highest BCUT2D eigenvalue weighted by molar-refractivity contribution is 7.88. The lowest BCUT2D eigenvalue weighted by atomic mass is 10.2. The summed E-state index contributed by atoms with van der Waals surface area (Å²) in [6.07, 6.45) is 0.810. The van der Waals surface area contributed by atoms with E-state index in [1.807, 2.05) is 20.8 Å². The van der Waals surface area contributed by atoms with E-state index >= 15 is 0 Å². The second-order valence-electron chi connectivity index (χ2n) is 4.46. The van der Waals surface area contributed by atoms with Crippen molar-refractivity contribution >= 4 is 15.7 Å². The third-order valence-corrected chi connectivity index (χ3v) is 5.08. The zero-order chi connectivity index (χ0) is 13.8.